The van der Waals surface area contributed by atoms with E-state index in [0.717, 1.165) is 11.8 Å². The van der Waals surface area contributed by atoms with Crippen LogP contribution in [-0.2, 0) is 9.59 Å². The van der Waals surface area contributed by atoms with E-state index in [-0.39, 0.29) is 11.8 Å². The van der Waals surface area contributed by atoms with Gasteiger partial charge in [0.15, 0.2) is 0 Å². The van der Waals surface area contributed by atoms with E-state index in [4.69, 9.17) is 0 Å². The predicted molar refractivity (Wildman–Crippen MR) is 78.8 cm³/mol. The zero-order valence-corrected chi connectivity index (χ0v) is 12.8. The maximum Gasteiger partial charge on any atom is 0.322 e. The number of nitrogens with one attached hydrogen (secondary N) is 2. The summed E-state index contributed by atoms with van der Waals surface area (Å²) in [5.41, 5.74) is -0.777. The number of hydrogen-bond acceptors (Lipinski definition) is 3. The molecule has 2 bridgehead atoms. The number of piperidine rings is 1. The summed E-state index contributed by atoms with van der Waals surface area (Å²) >= 11 is 0. The first-order valence-electron chi connectivity index (χ1n) is 8.47. The van der Waals surface area contributed by atoms with Gasteiger partial charge in [0.05, 0.1) is 0 Å². The first-order valence-corrected chi connectivity index (χ1v) is 8.47. The van der Waals surface area contributed by atoms with Crippen LogP contribution < -0.4 is 10.6 Å². The summed E-state index contributed by atoms with van der Waals surface area (Å²) in [6, 6.07) is -0.410. The second-order valence-corrected chi connectivity index (χ2v) is 7.51. The SMILES string of the molecule is O=C1NC(=O)C2(CCN(C(=O)C[C@H]3C[C@H]4CC[C@@H]3C4)CC2)N1. The molecule has 4 amide bonds. The first-order chi connectivity index (χ1) is 10.6. The highest BCUT2D eigenvalue weighted by Crippen LogP contribution is 2.49. The summed E-state index contributed by atoms with van der Waals surface area (Å²) < 4.78 is 0. The Kier molecular flexibility index (Phi) is 3.16. The van der Waals surface area contributed by atoms with E-state index in [2.05, 4.69) is 10.6 Å². The molecule has 2 heterocycles. The smallest absolute Gasteiger partial charge is 0.322 e. The molecule has 4 fully saturated rings. The maximum absolute atomic E-state index is 12.5. The van der Waals surface area contributed by atoms with Crippen LogP contribution in [0, 0.1) is 17.8 Å². The van der Waals surface area contributed by atoms with Crippen molar-refractivity contribution >= 4 is 17.8 Å². The molecule has 0 aromatic rings. The Balaban J connectivity index is 1.33. The van der Waals surface area contributed by atoms with Crippen LogP contribution in [0.25, 0.3) is 0 Å². The normalized spacial score (nSPS) is 35.8. The van der Waals surface area contributed by atoms with Gasteiger partial charge < -0.3 is 10.2 Å². The van der Waals surface area contributed by atoms with Crippen molar-refractivity contribution in [1.82, 2.24) is 15.5 Å². The lowest BCUT2D eigenvalue weighted by Crippen LogP contribution is -2.55. The average molecular weight is 305 g/mol. The van der Waals surface area contributed by atoms with Gasteiger partial charge in [0.25, 0.3) is 5.91 Å². The van der Waals surface area contributed by atoms with Crippen LogP contribution in [0.3, 0.4) is 0 Å². The van der Waals surface area contributed by atoms with E-state index in [1.54, 1.807) is 0 Å². The number of hydrogen-bond donors (Lipinski definition) is 2. The number of rotatable bonds is 2. The van der Waals surface area contributed by atoms with Crippen molar-refractivity contribution in [3.8, 4) is 0 Å². The largest absolute Gasteiger partial charge is 0.342 e. The Labute approximate surface area is 130 Å². The van der Waals surface area contributed by atoms with Gasteiger partial charge in [-0.3, -0.25) is 14.9 Å². The third-order valence-electron chi connectivity index (χ3n) is 6.31. The van der Waals surface area contributed by atoms with Crippen molar-refractivity contribution < 1.29 is 14.4 Å². The van der Waals surface area contributed by atoms with Gasteiger partial charge in [0.2, 0.25) is 5.91 Å². The van der Waals surface area contributed by atoms with Gasteiger partial charge in [-0.2, -0.15) is 0 Å². The first kappa shape index (κ1) is 14.0. The maximum atomic E-state index is 12.5. The Hall–Kier alpha value is -1.59. The fourth-order valence-corrected chi connectivity index (χ4v) is 5.00. The van der Waals surface area contributed by atoms with Crippen LogP contribution in [0.15, 0.2) is 0 Å². The molecule has 2 N–H and O–H groups in total. The minimum atomic E-state index is -0.777. The van der Waals surface area contributed by atoms with E-state index in [0.29, 0.717) is 38.3 Å². The molecular weight excluding hydrogens is 282 g/mol. The molecule has 0 unspecified atom stereocenters. The van der Waals surface area contributed by atoms with Crippen molar-refractivity contribution in [3.63, 3.8) is 0 Å². The fraction of sp³-hybridized carbons (Fsp3) is 0.812. The number of amides is 4. The average Bonchev–Trinajstić information content (AvgIpc) is 3.16. The van der Waals surface area contributed by atoms with Crippen LogP contribution in [0.2, 0.25) is 0 Å². The van der Waals surface area contributed by atoms with Gasteiger partial charge >= 0.3 is 6.03 Å². The number of likely N-dealkylation sites (tertiary alicyclic amines) is 1. The minimum absolute atomic E-state index is 0.233. The van der Waals surface area contributed by atoms with Crippen molar-refractivity contribution in [1.29, 1.82) is 0 Å². The van der Waals surface area contributed by atoms with Crippen LogP contribution >= 0.6 is 0 Å². The lowest BCUT2D eigenvalue weighted by Gasteiger charge is -2.37. The summed E-state index contributed by atoms with van der Waals surface area (Å²) in [4.78, 5) is 37.6. The van der Waals surface area contributed by atoms with Gasteiger partial charge in [-0.25, -0.2) is 4.79 Å². The third kappa shape index (κ3) is 2.20. The Morgan fingerprint density at radius 3 is 2.50 bits per heavy atom. The van der Waals surface area contributed by atoms with Gasteiger partial charge in [-0.1, -0.05) is 6.42 Å². The zero-order valence-electron chi connectivity index (χ0n) is 12.8. The van der Waals surface area contributed by atoms with Gasteiger partial charge in [-0.15, -0.1) is 0 Å². The summed E-state index contributed by atoms with van der Waals surface area (Å²) in [7, 11) is 0. The van der Waals surface area contributed by atoms with E-state index >= 15 is 0 Å². The molecule has 0 aromatic carbocycles. The molecule has 2 saturated heterocycles. The highest BCUT2D eigenvalue weighted by Gasteiger charge is 2.48. The summed E-state index contributed by atoms with van der Waals surface area (Å²) in [6.07, 6.45) is 6.93. The van der Waals surface area contributed by atoms with Crippen molar-refractivity contribution in [2.75, 3.05) is 13.1 Å². The summed E-state index contributed by atoms with van der Waals surface area (Å²) in [6.45, 7) is 1.13. The molecule has 0 radical (unpaired) electrons. The molecule has 22 heavy (non-hydrogen) atoms. The molecule has 2 saturated carbocycles. The predicted octanol–water partition coefficient (Wildman–Crippen LogP) is 1.01. The minimum Gasteiger partial charge on any atom is -0.342 e. The van der Waals surface area contributed by atoms with E-state index in [1.165, 1.54) is 25.7 Å². The number of fused-ring (bicyclic) bond motifs is 2. The number of urea groups is 1. The van der Waals surface area contributed by atoms with Crippen LogP contribution in [-0.4, -0.2) is 41.4 Å². The van der Waals surface area contributed by atoms with E-state index in [1.807, 2.05) is 4.90 Å². The molecular formula is C16H23N3O3. The Morgan fingerprint density at radius 1 is 1.18 bits per heavy atom. The molecule has 2 aliphatic heterocycles. The Morgan fingerprint density at radius 2 is 1.95 bits per heavy atom. The summed E-state index contributed by atoms with van der Waals surface area (Å²) in [5.74, 6) is 2.21. The second kappa shape index (κ2) is 4.96. The van der Waals surface area contributed by atoms with Gasteiger partial charge in [-0.05, 0) is 49.9 Å². The Bertz CT molecular complexity index is 525. The van der Waals surface area contributed by atoms with Crippen molar-refractivity contribution in [3.05, 3.63) is 0 Å². The van der Waals surface area contributed by atoms with Gasteiger partial charge in [0.1, 0.15) is 5.54 Å². The van der Waals surface area contributed by atoms with Crippen molar-refractivity contribution in [2.45, 2.75) is 50.5 Å². The molecule has 1 spiro atoms. The molecule has 6 heteroatoms. The topological polar surface area (TPSA) is 78.5 Å². The quantitative estimate of drug-likeness (QED) is 0.748. The molecule has 0 aromatic heterocycles. The highest BCUT2D eigenvalue weighted by molar-refractivity contribution is 6.07. The molecule has 4 rings (SSSR count). The van der Waals surface area contributed by atoms with E-state index in [9.17, 15) is 14.4 Å². The van der Waals surface area contributed by atoms with Crippen LogP contribution in [0.1, 0.15) is 44.9 Å². The number of carbonyl (C=O) groups is 3. The van der Waals surface area contributed by atoms with E-state index < -0.39 is 11.6 Å². The molecule has 120 valence electrons. The lowest BCUT2D eigenvalue weighted by molar-refractivity contribution is -0.136. The van der Waals surface area contributed by atoms with Crippen LogP contribution in [0.5, 0.6) is 0 Å². The number of nitrogens with zero attached hydrogens (tertiary/aromatic N) is 1. The molecule has 4 aliphatic rings. The third-order valence-corrected chi connectivity index (χ3v) is 6.31. The molecule has 3 atom stereocenters. The monoisotopic (exact) mass is 305 g/mol. The van der Waals surface area contributed by atoms with Crippen LogP contribution in [0.4, 0.5) is 4.79 Å². The fourth-order valence-electron chi connectivity index (χ4n) is 5.00. The van der Waals surface area contributed by atoms with Gasteiger partial charge in [0, 0.05) is 19.5 Å². The second-order valence-electron chi connectivity index (χ2n) is 7.51. The number of carbonyl (C=O) groups excluding carboxylic acids is 3. The lowest BCUT2D eigenvalue weighted by atomic mass is 9.84. The summed E-state index contributed by atoms with van der Waals surface area (Å²) in [5, 5.41) is 5.04. The number of imide groups is 1. The van der Waals surface area contributed by atoms with Crippen molar-refractivity contribution in [2.24, 2.45) is 17.8 Å². The molecule has 6 nitrogen and oxygen atoms in total. The molecule has 2 aliphatic carbocycles. The highest BCUT2D eigenvalue weighted by atomic mass is 16.2. The zero-order chi connectivity index (χ0) is 15.3. The standard InChI is InChI=1S/C16H23N3O3/c20-13(9-12-8-10-1-2-11(12)7-10)19-5-3-16(4-6-19)14(21)17-15(22)18-16/h10-12H,1-9H2,(H2,17,18,21,22)/t10-,11+,12+/m0/s1.